The Morgan fingerprint density at radius 1 is 1.46 bits per heavy atom. The van der Waals surface area contributed by atoms with Gasteiger partial charge in [0.2, 0.25) is 0 Å². The van der Waals surface area contributed by atoms with Gasteiger partial charge in [0.1, 0.15) is 0 Å². The molecule has 0 amide bonds. The van der Waals surface area contributed by atoms with Gasteiger partial charge in [0.15, 0.2) is 5.78 Å². The Balaban J connectivity index is 3.01. The molecule has 0 aliphatic rings. The number of hydrogen-bond donors (Lipinski definition) is 0. The summed E-state index contributed by atoms with van der Waals surface area (Å²) in [4.78, 5) is 11.5. The lowest BCUT2D eigenvalue weighted by atomic mass is 10.0. The summed E-state index contributed by atoms with van der Waals surface area (Å²) in [5.74, 6) is 0.135. The summed E-state index contributed by atoms with van der Waals surface area (Å²) in [6.07, 6.45) is 1.44. The predicted octanol–water partition coefficient (Wildman–Crippen LogP) is 3.63. The predicted molar refractivity (Wildman–Crippen MR) is 55.4 cm³/mol. The number of aryl methyl sites for hydroxylation is 1. The first-order chi connectivity index (χ1) is 6.16. The lowest BCUT2D eigenvalue weighted by Gasteiger charge is -2.04. The standard InChI is InChI=1S/C11H13ClO/c1-3-5-10(13)9-7-4-6-8(2)11(9)12/h4,6-7H,3,5H2,1-2H3. The largest absolute Gasteiger partial charge is 0.294 e. The average molecular weight is 197 g/mol. The van der Waals surface area contributed by atoms with Crippen LogP contribution in [-0.2, 0) is 0 Å². The fourth-order valence-corrected chi connectivity index (χ4v) is 1.46. The topological polar surface area (TPSA) is 17.1 Å². The van der Waals surface area contributed by atoms with Crippen molar-refractivity contribution in [2.45, 2.75) is 26.7 Å². The van der Waals surface area contributed by atoms with Crippen LogP contribution in [0.2, 0.25) is 5.02 Å². The summed E-state index contributed by atoms with van der Waals surface area (Å²) in [6.45, 7) is 3.90. The molecule has 0 bridgehead atoms. The summed E-state index contributed by atoms with van der Waals surface area (Å²) in [5.41, 5.74) is 1.62. The molecule has 0 spiro atoms. The van der Waals surface area contributed by atoms with Crippen molar-refractivity contribution in [2.24, 2.45) is 0 Å². The third kappa shape index (κ3) is 2.31. The van der Waals surface area contributed by atoms with Crippen LogP contribution in [0, 0.1) is 6.92 Å². The van der Waals surface area contributed by atoms with Gasteiger partial charge in [-0.15, -0.1) is 0 Å². The van der Waals surface area contributed by atoms with Crippen molar-refractivity contribution < 1.29 is 4.79 Å². The zero-order chi connectivity index (χ0) is 9.84. The molecule has 0 heterocycles. The molecule has 0 aromatic heterocycles. The molecule has 0 aliphatic heterocycles. The van der Waals surface area contributed by atoms with Crippen LogP contribution in [0.1, 0.15) is 35.7 Å². The number of ketones is 1. The normalized spacial score (nSPS) is 10.1. The van der Waals surface area contributed by atoms with E-state index in [1.54, 1.807) is 6.07 Å². The average Bonchev–Trinajstić information content (AvgIpc) is 2.10. The van der Waals surface area contributed by atoms with Crippen molar-refractivity contribution in [3.63, 3.8) is 0 Å². The molecule has 0 radical (unpaired) electrons. The Morgan fingerprint density at radius 2 is 2.15 bits per heavy atom. The lowest BCUT2D eigenvalue weighted by Crippen LogP contribution is -1.99. The quantitative estimate of drug-likeness (QED) is 0.675. The highest BCUT2D eigenvalue weighted by Gasteiger charge is 2.09. The second-order valence-electron chi connectivity index (χ2n) is 3.11. The summed E-state index contributed by atoms with van der Waals surface area (Å²) in [5, 5.41) is 0.598. The molecule has 1 rings (SSSR count). The van der Waals surface area contributed by atoms with Crippen molar-refractivity contribution in [1.82, 2.24) is 0 Å². The maximum atomic E-state index is 11.5. The molecular formula is C11H13ClO. The third-order valence-electron chi connectivity index (χ3n) is 1.97. The molecule has 1 nitrogen and oxygen atoms in total. The van der Waals surface area contributed by atoms with Crippen molar-refractivity contribution in [3.05, 3.63) is 34.3 Å². The van der Waals surface area contributed by atoms with Gasteiger partial charge in [-0.2, -0.15) is 0 Å². The van der Waals surface area contributed by atoms with Crippen molar-refractivity contribution >= 4 is 17.4 Å². The first-order valence-electron chi connectivity index (χ1n) is 4.45. The Labute approximate surface area is 83.7 Å². The van der Waals surface area contributed by atoms with E-state index < -0.39 is 0 Å². The molecule has 1 aromatic carbocycles. The van der Waals surface area contributed by atoms with E-state index in [2.05, 4.69) is 0 Å². The number of hydrogen-bond acceptors (Lipinski definition) is 1. The lowest BCUT2D eigenvalue weighted by molar-refractivity contribution is 0.0982. The van der Waals surface area contributed by atoms with Gasteiger partial charge in [-0.05, 0) is 25.0 Å². The molecule has 70 valence electrons. The smallest absolute Gasteiger partial charge is 0.164 e. The molecule has 2 heteroatoms. The molecule has 0 saturated heterocycles. The molecule has 0 saturated carbocycles. The number of Topliss-reactive ketones (excluding diaryl/α,β-unsaturated/α-hetero) is 1. The molecular weight excluding hydrogens is 184 g/mol. The van der Waals surface area contributed by atoms with Gasteiger partial charge in [0, 0.05) is 12.0 Å². The van der Waals surface area contributed by atoms with E-state index in [0.717, 1.165) is 12.0 Å². The Bertz CT molecular complexity index is 318. The van der Waals surface area contributed by atoms with Gasteiger partial charge in [-0.25, -0.2) is 0 Å². The van der Waals surface area contributed by atoms with Crippen LogP contribution < -0.4 is 0 Å². The highest BCUT2D eigenvalue weighted by Crippen LogP contribution is 2.21. The van der Waals surface area contributed by atoms with E-state index in [4.69, 9.17) is 11.6 Å². The number of rotatable bonds is 3. The van der Waals surface area contributed by atoms with E-state index in [0.29, 0.717) is 17.0 Å². The zero-order valence-corrected chi connectivity index (χ0v) is 8.69. The van der Waals surface area contributed by atoms with E-state index in [1.165, 1.54) is 0 Å². The third-order valence-corrected chi connectivity index (χ3v) is 2.47. The van der Waals surface area contributed by atoms with Crippen molar-refractivity contribution in [2.75, 3.05) is 0 Å². The molecule has 0 atom stereocenters. The van der Waals surface area contributed by atoms with Gasteiger partial charge in [-0.3, -0.25) is 4.79 Å². The van der Waals surface area contributed by atoms with Crippen LogP contribution in [0.25, 0.3) is 0 Å². The van der Waals surface area contributed by atoms with E-state index in [9.17, 15) is 4.79 Å². The number of benzene rings is 1. The minimum Gasteiger partial charge on any atom is -0.294 e. The Morgan fingerprint density at radius 3 is 2.77 bits per heavy atom. The van der Waals surface area contributed by atoms with Crippen LogP contribution in [0.15, 0.2) is 18.2 Å². The van der Waals surface area contributed by atoms with Crippen molar-refractivity contribution in [1.29, 1.82) is 0 Å². The second-order valence-corrected chi connectivity index (χ2v) is 3.49. The number of carbonyl (C=O) groups is 1. The minimum atomic E-state index is 0.135. The summed E-state index contributed by atoms with van der Waals surface area (Å²) in [6, 6.07) is 5.56. The Kier molecular flexibility index (Phi) is 3.49. The van der Waals surface area contributed by atoms with E-state index in [1.807, 2.05) is 26.0 Å². The molecule has 0 aliphatic carbocycles. The summed E-state index contributed by atoms with van der Waals surface area (Å²) >= 11 is 6.00. The maximum Gasteiger partial charge on any atom is 0.164 e. The van der Waals surface area contributed by atoms with Crippen LogP contribution in [0.3, 0.4) is 0 Å². The van der Waals surface area contributed by atoms with Crippen LogP contribution in [0.4, 0.5) is 0 Å². The van der Waals surface area contributed by atoms with Crippen LogP contribution >= 0.6 is 11.6 Å². The first kappa shape index (κ1) is 10.3. The zero-order valence-electron chi connectivity index (χ0n) is 7.93. The highest BCUT2D eigenvalue weighted by atomic mass is 35.5. The van der Waals surface area contributed by atoms with E-state index >= 15 is 0 Å². The number of carbonyl (C=O) groups excluding carboxylic acids is 1. The second kappa shape index (κ2) is 4.43. The van der Waals surface area contributed by atoms with E-state index in [-0.39, 0.29) is 5.78 Å². The summed E-state index contributed by atoms with van der Waals surface area (Å²) < 4.78 is 0. The highest BCUT2D eigenvalue weighted by molar-refractivity contribution is 6.34. The molecule has 0 unspecified atom stereocenters. The van der Waals surface area contributed by atoms with Gasteiger partial charge >= 0.3 is 0 Å². The molecule has 0 N–H and O–H groups in total. The Hall–Kier alpha value is -0.820. The molecule has 13 heavy (non-hydrogen) atoms. The van der Waals surface area contributed by atoms with Gasteiger partial charge < -0.3 is 0 Å². The molecule has 0 fully saturated rings. The summed E-state index contributed by atoms with van der Waals surface area (Å²) in [7, 11) is 0. The number of halogens is 1. The van der Waals surface area contributed by atoms with Crippen molar-refractivity contribution in [3.8, 4) is 0 Å². The fraction of sp³-hybridized carbons (Fsp3) is 0.364. The first-order valence-corrected chi connectivity index (χ1v) is 4.83. The van der Waals surface area contributed by atoms with Gasteiger partial charge in [0.25, 0.3) is 0 Å². The van der Waals surface area contributed by atoms with Gasteiger partial charge in [0.05, 0.1) is 5.02 Å². The minimum absolute atomic E-state index is 0.135. The monoisotopic (exact) mass is 196 g/mol. The maximum absolute atomic E-state index is 11.5. The van der Waals surface area contributed by atoms with Gasteiger partial charge in [-0.1, -0.05) is 30.7 Å². The molecule has 1 aromatic rings. The fourth-order valence-electron chi connectivity index (χ4n) is 1.22. The van der Waals surface area contributed by atoms with Crippen LogP contribution in [-0.4, -0.2) is 5.78 Å². The SMILES string of the molecule is CCCC(=O)c1cccc(C)c1Cl. The van der Waals surface area contributed by atoms with Crippen LogP contribution in [0.5, 0.6) is 0 Å².